The molecular weight excluding hydrogens is 394 g/mol. The molecule has 0 heterocycles. The van der Waals surface area contributed by atoms with E-state index in [0.717, 1.165) is 6.07 Å². The molecule has 156 valence electrons. The third kappa shape index (κ3) is 6.18. The van der Waals surface area contributed by atoms with Crippen molar-refractivity contribution in [2.45, 2.75) is 6.54 Å². The summed E-state index contributed by atoms with van der Waals surface area (Å²) >= 11 is 0. The Bertz CT molecular complexity index is 909. The Hall–Kier alpha value is -3.14. The maximum absolute atomic E-state index is 13.7. The Kier molecular flexibility index (Phi) is 7.54. The predicted octanol–water partition coefficient (Wildman–Crippen LogP) is 2.44. The Morgan fingerprint density at radius 2 is 1.72 bits per heavy atom. The highest BCUT2D eigenvalue weighted by Gasteiger charge is 2.16. The molecule has 0 fully saturated rings. The molecule has 10 heteroatoms. The van der Waals surface area contributed by atoms with Crippen molar-refractivity contribution in [3.05, 3.63) is 59.2 Å². The van der Waals surface area contributed by atoms with Crippen LogP contribution in [0.5, 0.6) is 5.75 Å². The maximum atomic E-state index is 13.7. The van der Waals surface area contributed by atoms with Gasteiger partial charge in [0.15, 0.2) is 29.0 Å². The molecule has 0 aliphatic heterocycles. The van der Waals surface area contributed by atoms with Gasteiger partial charge in [-0.1, -0.05) is 6.07 Å². The minimum absolute atomic E-state index is 0.0968. The number of nitrogens with zero attached hydrogens (tertiary/aromatic N) is 1. The topological polar surface area (TPSA) is 70.7 Å². The highest BCUT2D eigenvalue weighted by atomic mass is 19.2. The van der Waals surface area contributed by atoms with E-state index in [2.05, 4.69) is 5.32 Å². The number of hydrogen-bond donors (Lipinski definition) is 2. The minimum Gasteiger partial charge on any atom is -0.494 e. The molecule has 2 amide bonds. The number of methoxy groups -OCH3 is 1. The van der Waals surface area contributed by atoms with E-state index in [1.807, 2.05) is 5.32 Å². The third-order valence-corrected chi connectivity index (χ3v) is 3.84. The standard InChI is InChI=1S/C19H19F4N3O3/c1-26(9-11-3-6-15(29-2)13(21)7-11)10-17(28)24-8-16(27)25-14-5-4-12(20)18(22)19(14)23/h3-7H,8-10H2,1-2H3,(H,24,28)(H,25,27). The van der Waals surface area contributed by atoms with Crippen LogP contribution in [-0.4, -0.2) is 44.0 Å². The van der Waals surface area contributed by atoms with Crippen LogP contribution in [-0.2, 0) is 16.1 Å². The molecule has 0 unspecified atom stereocenters. The van der Waals surface area contributed by atoms with Gasteiger partial charge in [-0.2, -0.15) is 0 Å². The fourth-order valence-electron chi connectivity index (χ4n) is 2.47. The Morgan fingerprint density at radius 3 is 2.38 bits per heavy atom. The van der Waals surface area contributed by atoms with Crippen LogP contribution in [0.1, 0.15) is 5.56 Å². The van der Waals surface area contributed by atoms with Crippen LogP contribution in [0.3, 0.4) is 0 Å². The minimum atomic E-state index is -1.71. The fraction of sp³-hybridized carbons (Fsp3) is 0.263. The van der Waals surface area contributed by atoms with Gasteiger partial charge in [0.05, 0.1) is 25.9 Å². The molecule has 0 aliphatic rings. The molecule has 0 aromatic heterocycles. The monoisotopic (exact) mass is 413 g/mol. The zero-order chi connectivity index (χ0) is 21.6. The Balaban J connectivity index is 1.81. The van der Waals surface area contributed by atoms with Gasteiger partial charge < -0.3 is 15.4 Å². The number of ether oxygens (including phenoxy) is 1. The summed E-state index contributed by atoms with van der Waals surface area (Å²) in [5.41, 5.74) is 0.0759. The lowest BCUT2D eigenvalue weighted by molar-refractivity contribution is -0.124. The van der Waals surface area contributed by atoms with Crippen molar-refractivity contribution >= 4 is 17.5 Å². The second kappa shape index (κ2) is 9.87. The summed E-state index contributed by atoms with van der Waals surface area (Å²) < 4.78 is 58.1. The van der Waals surface area contributed by atoms with E-state index in [1.165, 1.54) is 19.2 Å². The summed E-state index contributed by atoms with van der Waals surface area (Å²) in [6.07, 6.45) is 0. The first-order valence-electron chi connectivity index (χ1n) is 8.42. The van der Waals surface area contributed by atoms with Crippen LogP contribution in [0.2, 0.25) is 0 Å². The molecule has 0 saturated carbocycles. The van der Waals surface area contributed by atoms with Crippen LogP contribution in [0.15, 0.2) is 30.3 Å². The molecule has 2 aromatic rings. The SMILES string of the molecule is COc1ccc(CN(C)CC(=O)NCC(=O)Nc2ccc(F)c(F)c2F)cc1F. The number of likely N-dealkylation sites (N-methyl/N-ethyl adjacent to an activating group) is 1. The van der Waals surface area contributed by atoms with Gasteiger partial charge in [-0.3, -0.25) is 14.5 Å². The van der Waals surface area contributed by atoms with Crippen molar-refractivity contribution in [1.82, 2.24) is 10.2 Å². The molecule has 0 radical (unpaired) electrons. The van der Waals surface area contributed by atoms with Crippen molar-refractivity contribution in [3.8, 4) is 5.75 Å². The molecule has 2 N–H and O–H groups in total. The average Bonchev–Trinajstić information content (AvgIpc) is 2.67. The zero-order valence-corrected chi connectivity index (χ0v) is 15.7. The second-order valence-corrected chi connectivity index (χ2v) is 6.19. The maximum Gasteiger partial charge on any atom is 0.243 e. The van der Waals surface area contributed by atoms with Gasteiger partial charge in [-0.05, 0) is 36.9 Å². The number of anilines is 1. The first-order valence-corrected chi connectivity index (χ1v) is 8.42. The highest BCUT2D eigenvalue weighted by Crippen LogP contribution is 2.20. The van der Waals surface area contributed by atoms with E-state index >= 15 is 0 Å². The molecule has 0 atom stereocenters. The van der Waals surface area contributed by atoms with E-state index in [0.29, 0.717) is 11.6 Å². The number of rotatable bonds is 8. The van der Waals surface area contributed by atoms with E-state index in [1.54, 1.807) is 18.0 Å². The van der Waals surface area contributed by atoms with Gasteiger partial charge in [-0.25, -0.2) is 17.6 Å². The van der Waals surface area contributed by atoms with E-state index in [-0.39, 0.29) is 18.8 Å². The number of halogens is 4. The molecule has 6 nitrogen and oxygen atoms in total. The van der Waals surface area contributed by atoms with Gasteiger partial charge in [0.1, 0.15) is 0 Å². The number of benzene rings is 2. The van der Waals surface area contributed by atoms with Crippen molar-refractivity contribution in [3.63, 3.8) is 0 Å². The van der Waals surface area contributed by atoms with Crippen molar-refractivity contribution < 1.29 is 31.9 Å². The molecule has 29 heavy (non-hydrogen) atoms. The lowest BCUT2D eigenvalue weighted by atomic mass is 10.2. The normalized spacial score (nSPS) is 10.7. The fourth-order valence-corrected chi connectivity index (χ4v) is 2.47. The smallest absolute Gasteiger partial charge is 0.243 e. The summed E-state index contributed by atoms with van der Waals surface area (Å²) in [6.45, 7) is -0.330. The van der Waals surface area contributed by atoms with Crippen LogP contribution in [0.25, 0.3) is 0 Å². The summed E-state index contributed by atoms with van der Waals surface area (Å²) in [5, 5.41) is 4.36. The lowest BCUT2D eigenvalue weighted by Gasteiger charge is -2.17. The van der Waals surface area contributed by atoms with Crippen LogP contribution in [0.4, 0.5) is 23.2 Å². The molecule has 0 saturated heterocycles. The molecular formula is C19H19F4N3O3. The summed E-state index contributed by atoms with van der Waals surface area (Å²) in [6, 6.07) is 5.95. The molecule has 2 rings (SSSR count). The van der Waals surface area contributed by atoms with Gasteiger partial charge in [0, 0.05) is 6.54 Å². The van der Waals surface area contributed by atoms with Gasteiger partial charge >= 0.3 is 0 Å². The average molecular weight is 413 g/mol. The first kappa shape index (κ1) is 22.2. The lowest BCUT2D eigenvalue weighted by Crippen LogP contribution is -2.39. The van der Waals surface area contributed by atoms with Gasteiger partial charge in [-0.15, -0.1) is 0 Å². The second-order valence-electron chi connectivity index (χ2n) is 6.19. The molecule has 0 spiro atoms. The largest absolute Gasteiger partial charge is 0.494 e. The number of nitrogens with one attached hydrogen (secondary N) is 2. The highest BCUT2D eigenvalue weighted by molar-refractivity contribution is 5.94. The van der Waals surface area contributed by atoms with E-state index in [9.17, 15) is 27.2 Å². The van der Waals surface area contributed by atoms with Crippen molar-refractivity contribution in [1.29, 1.82) is 0 Å². The van der Waals surface area contributed by atoms with Gasteiger partial charge in [0.2, 0.25) is 11.8 Å². The first-order chi connectivity index (χ1) is 13.7. The summed E-state index contributed by atoms with van der Waals surface area (Å²) in [7, 11) is 2.98. The number of amides is 2. The molecule has 2 aromatic carbocycles. The van der Waals surface area contributed by atoms with Crippen molar-refractivity contribution in [2.75, 3.05) is 32.6 Å². The van der Waals surface area contributed by atoms with E-state index < -0.39 is 47.3 Å². The Morgan fingerprint density at radius 1 is 1.00 bits per heavy atom. The van der Waals surface area contributed by atoms with E-state index in [4.69, 9.17) is 4.74 Å². The predicted molar refractivity (Wildman–Crippen MR) is 97.2 cm³/mol. The molecule has 0 aliphatic carbocycles. The van der Waals surface area contributed by atoms with Crippen LogP contribution in [0, 0.1) is 23.3 Å². The van der Waals surface area contributed by atoms with Crippen molar-refractivity contribution in [2.24, 2.45) is 0 Å². The summed E-state index contributed by atoms with van der Waals surface area (Å²) in [5.74, 6) is -6.36. The van der Waals surface area contributed by atoms with Gasteiger partial charge in [0.25, 0.3) is 0 Å². The van der Waals surface area contributed by atoms with Crippen LogP contribution >= 0.6 is 0 Å². The quantitative estimate of drug-likeness (QED) is 0.515. The summed E-state index contributed by atoms with van der Waals surface area (Å²) in [4.78, 5) is 25.3. The third-order valence-electron chi connectivity index (χ3n) is 3.84. The number of hydrogen-bond acceptors (Lipinski definition) is 4. The number of carbonyl (C=O) groups is 2. The Labute approximate surface area is 164 Å². The van der Waals surface area contributed by atoms with Crippen LogP contribution < -0.4 is 15.4 Å². The number of carbonyl (C=O) groups excluding carboxylic acids is 2. The molecule has 0 bridgehead atoms. The zero-order valence-electron chi connectivity index (χ0n) is 15.7.